The molecule has 3 nitrogen and oxygen atoms in total. The monoisotopic (exact) mass is 253 g/mol. The van der Waals surface area contributed by atoms with Crippen molar-refractivity contribution in [3.05, 3.63) is 0 Å². The Balaban J connectivity index is 4.12. The second kappa shape index (κ2) is 8.50. The van der Waals surface area contributed by atoms with Gasteiger partial charge in [-0.15, -0.1) is 0 Å². The zero-order valence-corrected chi connectivity index (χ0v) is 13.1. The molecule has 18 heavy (non-hydrogen) atoms. The first-order valence-corrected chi connectivity index (χ1v) is 7.27. The van der Waals surface area contributed by atoms with Crippen LogP contribution in [0.15, 0.2) is 0 Å². The summed E-state index contributed by atoms with van der Waals surface area (Å²) in [6.07, 6.45) is 4.38. The first-order chi connectivity index (χ1) is 8.38. The molecule has 1 unspecified atom stereocenters. The number of hydrogen-bond acceptors (Lipinski definition) is 3. The molecule has 0 saturated heterocycles. The van der Waals surface area contributed by atoms with Crippen molar-refractivity contribution in [3.8, 4) is 6.07 Å². The highest BCUT2D eigenvalue weighted by atomic mass is 15.1. The van der Waals surface area contributed by atoms with E-state index in [1.807, 2.05) is 6.92 Å². The molecule has 0 heterocycles. The van der Waals surface area contributed by atoms with Gasteiger partial charge in [0, 0.05) is 12.1 Å². The molecular formula is C15H31N3. The molecule has 0 amide bonds. The van der Waals surface area contributed by atoms with Crippen molar-refractivity contribution in [2.24, 2.45) is 0 Å². The van der Waals surface area contributed by atoms with Gasteiger partial charge < -0.3 is 4.90 Å². The summed E-state index contributed by atoms with van der Waals surface area (Å²) in [5, 5.41) is 12.6. The highest BCUT2D eigenvalue weighted by Gasteiger charge is 2.24. The second-order valence-corrected chi connectivity index (χ2v) is 5.80. The van der Waals surface area contributed by atoms with Crippen LogP contribution >= 0.6 is 0 Å². The van der Waals surface area contributed by atoms with E-state index < -0.39 is 0 Å². The molecule has 0 bridgehead atoms. The van der Waals surface area contributed by atoms with Gasteiger partial charge in [0.1, 0.15) is 5.54 Å². The largest absolute Gasteiger partial charge is 0.303 e. The average molecular weight is 253 g/mol. The molecule has 0 aliphatic heterocycles. The summed E-state index contributed by atoms with van der Waals surface area (Å²) in [4.78, 5) is 2.42. The SMILES string of the molecule is CCC(CC)N(C)CCCC(C)(C#N)NC(C)C. The molecule has 0 saturated carbocycles. The van der Waals surface area contributed by atoms with Gasteiger partial charge in [0.25, 0.3) is 0 Å². The minimum atomic E-state index is -0.386. The quantitative estimate of drug-likeness (QED) is 0.686. The van der Waals surface area contributed by atoms with Gasteiger partial charge >= 0.3 is 0 Å². The molecule has 0 aromatic rings. The predicted molar refractivity (Wildman–Crippen MR) is 78.5 cm³/mol. The molecular weight excluding hydrogens is 222 g/mol. The highest BCUT2D eigenvalue weighted by Crippen LogP contribution is 2.14. The lowest BCUT2D eigenvalue weighted by molar-refractivity contribution is 0.218. The van der Waals surface area contributed by atoms with Gasteiger partial charge in [-0.3, -0.25) is 5.32 Å². The molecule has 0 aromatic carbocycles. The Morgan fingerprint density at radius 1 is 1.28 bits per heavy atom. The second-order valence-electron chi connectivity index (χ2n) is 5.80. The number of hydrogen-bond donors (Lipinski definition) is 1. The van der Waals surface area contributed by atoms with Crippen LogP contribution in [0.1, 0.15) is 60.3 Å². The summed E-state index contributed by atoms with van der Waals surface area (Å²) in [5.41, 5.74) is -0.386. The molecule has 1 N–H and O–H groups in total. The fourth-order valence-electron chi connectivity index (χ4n) is 2.57. The topological polar surface area (TPSA) is 39.1 Å². The number of nitrogens with one attached hydrogen (secondary N) is 1. The molecule has 0 spiro atoms. The van der Waals surface area contributed by atoms with Crippen molar-refractivity contribution in [3.63, 3.8) is 0 Å². The first kappa shape index (κ1) is 17.4. The van der Waals surface area contributed by atoms with E-state index in [0.29, 0.717) is 12.1 Å². The van der Waals surface area contributed by atoms with Crippen molar-refractivity contribution in [2.75, 3.05) is 13.6 Å². The van der Waals surface area contributed by atoms with E-state index >= 15 is 0 Å². The van der Waals surface area contributed by atoms with Gasteiger partial charge in [-0.05, 0) is 60.0 Å². The van der Waals surface area contributed by atoms with Crippen molar-refractivity contribution in [2.45, 2.75) is 77.9 Å². The van der Waals surface area contributed by atoms with E-state index in [4.69, 9.17) is 0 Å². The maximum absolute atomic E-state index is 9.27. The van der Waals surface area contributed by atoms with Crippen LogP contribution in [0, 0.1) is 11.3 Å². The van der Waals surface area contributed by atoms with Crippen LogP contribution in [0.4, 0.5) is 0 Å². The van der Waals surface area contributed by atoms with Gasteiger partial charge in [-0.1, -0.05) is 13.8 Å². The third kappa shape index (κ3) is 6.37. The lowest BCUT2D eigenvalue weighted by Crippen LogP contribution is -2.45. The lowest BCUT2D eigenvalue weighted by Gasteiger charge is -2.29. The normalized spacial score (nSPS) is 15.1. The van der Waals surface area contributed by atoms with E-state index in [1.165, 1.54) is 12.8 Å². The molecule has 0 aliphatic carbocycles. The van der Waals surface area contributed by atoms with Crippen LogP contribution < -0.4 is 5.32 Å². The lowest BCUT2D eigenvalue weighted by atomic mass is 9.96. The van der Waals surface area contributed by atoms with Gasteiger partial charge in [0.15, 0.2) is 0 Å². The Morgan fingerprint density at radius 2 is 1.83 bits per heavy atom. The third-order valence-corrected chi connectivity index (χ3v) is 3.61. The first-order valence-electron chi connectivity index (χ1n) is 7.27. The van der Waals surface area contributed by atoms with Gasteiger partial charge in [0.05, 0.1) is 6.07 Å². The molecule has 0 aliphatic rings. The van der Waals surface area contributed by atoms with E-state index in [0.717, 1.165) is 19.4 Å². The van der Waals surface area contributed by atoms with Crippen LogP contribution in [0.5, 0.6) is 0 Å². The fraction of sp³-hybridized carbons (Fsp3) is 0.933. The van der Waals surface area contributed by atoms with Crippen LogP contribution in [0.25, 0.3) is 0 Å². The minimum absolute atomic E-state index is 0.353. The highest BCUT2D eigenvalue weighted by molar-refractivity contribution is 5.04. The van der Waals surface area contributed by atoms with Gasteiger partial charge in [-0.2, -0.15) is 5.26 Å². The molecule has 0 aromatic heterocycles. The molecule has 1 atom stereocenters. The molecule has 0 radical (unpaired) electrons. The number of rotatable bonds is 9. The fourth-order valence-corrected chi connectivity index (χ4v) is 2.57. The number of nitrogens with zero attached hydrogens (tertiary/aromatic N) is 2. The van der Waals surface area contributed by atoms with Crippen LogP contribution in [0.2, 0.25) is 0 Å². The summed E-state index contributed by atoms with van der Waals surface area (Å²) < 4.78 is 0. The smallest absolute Gasteiger partial charge is 0.104 e. The maximum Gasteiger partial charge on any atom is 0.104 e. The summed E-state index contributed by atoms with van der Waals surface area (Å²) in [6.45, 7) is 11.7. The van der Waals surface area contributed by atoms with Crippen LogP contribution in [0.3, 0.4) is 0 Å². The van der Waals surface area contributed by atoms with E-state index in [-0.39, 0.29) is 5.54 Å². The van der Waals surface area contributed by atoms with E-state index in [1.54, 1.807) is 0 Å². The Morgan fingerprint density at radius 3 is 2.22 bits per heavy atom. The zero-order valence-electron chi connectivity index (χ0n) is 13.1. The minimum Gasteiger partial charge on any atom is -0.303 e. The zero-order chi connectivity index (χ0) is 14.2. The van der Waals surface area contributed by atoms with Gasteiger partial charge in [-0.25, -0.2) is 0 Å². The summed E-state index contributed by atoms with van der Waals surface area (Å²) in [5.74, 6) is 0. The Kier molecular flexibility index (Phi) is 8.22. The number of nitriles is 1. The van der Waals surface area contributed by atoms with Gasteiger partial charge in [0.2, 0.25) is 0 Å². The third-order valence-electron chi connectivity index (χ3n) is 3.61. The molecule has 0 fully saturated rings. The predicted octanol–water partition coefficient (Wildman–Crippen LogP) is 3.17. The van der Waals surface area contributed by atoms with E-state index in [9.17, 15) is 5.26 Å². The van der Waals surface area contributed by atoms with Crippen molar-refractivity contribution in [1.29, 1.82) is 5.26 Å². The standard InChI is InChI=1S/C15H31N3/c1-7-14(8-2)18(6)11-9-10-15(5,12-16)17-13(3)4/h13-14,17H,7-11H2,1-6H3. The van der Waals surface area contributed by atoms with Crippen molar-refractivity contribution >= 4 is 0 Å². The summed E-state index contributed by atoms with van der Waals surface area (Å²) in [7, 11) is 2.19. The Bertz CT molecular complexity index is 253. The van der Waals surface area contributed by atoms with E-state index in [2.05, 4.69) is 51.0 Å². The molecule has 106 valence electrons. The van der Waals surface area contributed by atoms with Crippen LogP contribution in [-0.4, -0.2) is 36.1 Å². The summed E-state index contributed by atoms with van der Waals surface area (Å²) >= 11 is 0. The Hall–Kier alpha value is -0.590. The van der Waals surface area contributed by atoms with Crippen molar-refractivity contribution < 1.29 is 0 Å². The Labute approximate surface area is 114 Å². The van der Waals surface area contributed by atoms with Crippen LogP contribution in [-0.2, 0) is 0 Å². The van der Waals surface area contributed by atoms with Crippen molar-refractivity contribution in [1.82, 2.24) is 10.2 Å². The maximum atomic E-state index is 9.27. The molecule has 3 heteroatoms. The average Bonchev–Trinajstić information content (AvgIpc) is 2.29. The summed E-state index contributed by atoms with van der Waals surface area (Å²) in [6, 6.07) is 3.44. The molecule has 0 rings (SSSR count).